The van der Waals surface area contributed by atoms with Gasteiger partial charge in [0, 0.05) is 26.7 Å². The van der Waals surface area contributed by atoms with Crippen molar-refractivity contribution < 1.29 is 19.1 Å². The standard InChI is InChI=1S/C35H42N2O4/c1-7-31(27-15-10-8-11-16-27)33(28-17-12-9-13-18-28)29-20-22-30(23-21-29)40-26-25-37(34(39)41-35(2,3)4)24-14-19-32(38)36(5)6/h8-23H,7,24-26H2,1-6H3/b19-14+,33-31-. The van der Waals surface area contributed by atoms with Crippen LogP contribution in [0.15, 0.2) is 97.1 Å². The molecule has 3 aromatic carbocycles. The second-order valence-corrected chi connectivity index (χ2v) is 10.9. The number of nitrogens with zero attached hydrogens (tertiary/aromatic N) is 2. The van der Waals surface area contributed by atoms with Gasteiger partial charge in [-0.15, -0.1) is 0 Å². The Labute approximate surface area is 244 Å². The van der Waals surface area contributed by atoms with Gasteiger partial charge in [0.2, 0.25) is 5.91 Å². The maximum absolute atomic E-state index is 12.8. The highest BCUT2D eigenvalue weighted by Gasteiger charge is 2.21. The van der Waals surface area contributed by atoms with Crippen molar-refractivity contribution in [3.63, 3.8) is 0 Å². The fourth-order valence-corrected chi connectivity index (χ4v) is 4.29. The molecule has 0 saturated carbocycles. The van der Waals surface area contributed by atoms with Gasteiger partial charge in [0.05, 0.1) is 6.54 Å². The van der Waals surface area contributed by atoms with Gasteiger partial charge in [0.25, 0.3) is 0 Å². The lowest BCUT2D eigenvalue weighted by molar-refractivity contribution is -0.123. The van der Waals surface area contributed by atoms with Gasteiger partial charge in [-0.25, -0.2) is 4.79 Å². The van der Waals surface area contributed by atoms with Crippen LogP contribution in [0, 0.1) is 0 Å². The lowest BCUT2D eigenvalue weighted by Crippen LogP contribution is -2.39. The van der Waals surface area contributed by atoms with Gasteiger partial charge in [0.1, 0.15) is 18.0 Å². The largest absolute Gasteiger partial charge is 0.492 e. The van der Waals surface area contributed by atoms with Crippen LogP contribution >= 0.6 is 0 Å². The molecule has 3 aromatic rings. The third-order valence-corrected chi connectivity index (χ3v) is 6.29. The lowest BCUT2D eigenvalue weighted by Gasteiger charge is -2.26. The van der Waals surface area contributed by atoms with Crippen LogP contribution < -0.4 is 4.74 Å². The molecule has 0 spiro atoms. The van der Waals surface area contributed by atoms with Crippen LogP contribution in [0.3, 0.4) is 0 Å². The van der Waals surface area contributed by atoms with Crippen LogP contribution in [0.2, 0.25) is 0 Å². The number of benzene rings is 3. The molecule has 0 aromatic heterocycles. The minimum atomic E-state index is -0.629. The van der Waals surface area contributed by atoms with E-state index in [0.29, 0.717) is 12.3 Å². The van der Waals surface area contributed by atoms with E-state index < -0.39 is 11.7 Å². The number of likely N-dealkylation sites (N-methyl/N-ethyl adjacent to an activating group) is 1. The third kappa shape index (κ3) is 9.67. The molecule has 0 unspecified atom stereocenters. The zero-order valence-electron chi connectivity index (χ0n) is 25.1. The Hall–Kier alpha value is -4.32. The summed E-state index contributed by atoms with van der Waals surface area (Å²) in [5.74, 6) is 0.564. The van der Waals surface area contributed by atoms with E-state index in [2.05, 4.69) is 67.6 Å². The molecule has 2 amide bonds. The number of allylic oxidation sites excluding steroid dienone is 1. The van der Waals surface area contributed by atoms with Crippen LogP contribution in [0.5, 0.6) is 5.75 Å². The van der Waals surface area contributed by atoms with Crippen molar-refractivity contribution in [1.82, 2.24) is 9.80 Å². The highest BCUT2D eigenvalue weighted by Crippen LogP contribution is 2.34. The normalized spacial score (nSPS) is 12.0. The Morgan fingerprint density at radius 1 is 0.805 bits per heavy atom. The topological polar surface area (TPSA) is 59.1 Å². The van der Waals surface area contributed by atoms with Gasteiger partial charge in [-0.05, 0) is 67.2 Å². The molecule has 6 heteroatoms. The summed E-state index contributed by atoms with van der Waals surface area (Å²) in [5, 5.41) is 0. The molecule has 3 rings (SSSR count). The SMILES string of the molecule is CC/C(=C(\c1ccccc1)c1ccc(OCCN(C/C=C/C(=O)N(C)C)C(=O)OC(C)(C)C)cc1)c1ccccc1. The first kappa shape index (κ1) is 31.2. The molecule has 0 bridgehead atoms. The fourth-order valence-electron chi connectivity index (χ4n) is 4.29. The van der Waals surface area contributed by atoms with E-state index in [1.165, 1.54) is 32.6 Å². The van der Waals surface area contributed by atoms with Crippen LogP contribution in [0.25, 0.3) is 11.1 Å². The summed E-state index contributed by atoms with van der Waals surface area (Å²) in [7, 11) is 3.36. The number of carbonyl (C=O) groups excluding carboxylic acids is 2. The fraction of sp³-hybridized carbons (Fsp3) is 0.314. The smallest absolute Gasteiger partial charge is 0.410 e. The molecule has 6 nitrogen and oxygen atoms in total. The first-order chi connectivity index (χ1) is 19.6. The number of ether oxygens (including phenoxy) is 2. The summed E-state index contributed by atoms with van der Waals surface area (Å²) in [6.07, 6.45) is 3.55. The Kier molecular flexibility index (Phi) is 11.3. The Bertz CT molecular complexity index is 1320. The van der Waals surface area contributed by atoms with Crippen LogP contribution in [0.1, 0.15) is 50.8 Å². The second kappa shape index (κ2) is 14.9. The quantitative estimate of drug-likeness (QED) is 0.184. The van der Waals surface area contributed by atoms with Crippen molar-refractivity contribution in [3.05, 3.63) is 114 Å². The molecular weight excluding hydrogens is 512 g/mol. The van der Waals surface area contributed by atoms with E-state index in [9.17, 15) is 9.59 Å². The molecule has 0 heterocycles. The van der Waals surface area contributed by atoms with Gasteiger partial charge < -0.3 is 19.3 Å². The number of hydrogen-bond donors (Lipinski definition) is 0. The zero-order chi connectivity index (χ0) is 29.8. The third-order valence-electron chi connectivity index (χ3n) is 6.29. The van der Waals surface area contributed by atoms with E-state index in [4.69, 9.17) is 9.47 Å². The molecule has 0 fully saturated rings. The number of amides is 2. The Morgan fingerprint density at radius 3 is 1.90 bits per heavy atom. The molecule has 0 radical (unpaired) electrons. The van der Waals surface area contributed by atoms with E-state index in [0.717, 1.165) is 17.5 Å². The molecular formula is C35H42N2O4. The minimum absolute atomic E-state index is 0.145. The average Bonchev–Trinajstić information content (AvgIpc) is 2.95. The van der Waals surface area contributed by atoms with Crippen LogP contribution in [0.4, 0.5) is 4.79 Å². The van der Waals surface area contributed by atoms with Crippen molar-refractivity contribution in [3.8, 4) is 5.75 Å². The van der Waals surface area contributed by atoms with E-state index in [1.807, 2.05) is 45.0 Å². The highest BCUT2D eigenvalue weighted by molar-refractivity contribution is 5.98. The lowest BCUT2D eigenvalue weighted by atomic mass is 9.88. The van der Waals surface area contributed by atoms with E-state index in [1.54, 1.807) is 20.2 Å². The predicted molar refractivity (Wildman–Crippen MR) is 167 cm³/mol. The summed E-state index contributed by atoms with van der Waals surface area (Å²) >= 11 is 0. The number of rotatable bonds is 11. The Balaban J connectivity index is 1.77. The maximum atomic E-state index is 12.8. The van der Waals surface area contributed by atoms with Gasteiger partial charge in [-0.2, -0.15) is 0 Å². The molecule has 0 aliphatic rings. The summed E-state index contributed by atoms with van der Waals surface area (Å²) in [6, 6.07) is 29.0. The molecule has 0 atom stereocenters. The highest BCUT2D eigenvalue weighted by atomic mass is 16.6. The van der Waals surface area contributed by atoms with E-state index in [-0.39, 0.29) is 19.1 Å². The molecule has 0 aliphatic heterocycles. The molecule has 0 saturated heterocycles. The first-order valence-electron chi connectivity index (χ1n) is 14.0. The van der Waals surface area contributed by atoms with Gasteiger partial charge in [-0.3, -0.25) is 4.79 Å². The average molecular weight is 555 g/mol. The molecule has 216 valence electrons. The molecule has 41 heavy (non-hydrogen) atoms. The minimum Gasteiger partial charge on any atom is -0.492 e. The molecule has 0 N–H and O–H groups in total. The second-order valence-electron chi connectivity index (χ2n) is 10.9. The monoisotopic (exact) mass is 554 g/mol. The Morgan fingerprint density at radius 2 is 1.37 bits per heavy atom. The maximum Gasteiger partial charge on any atom is 0.410 e. The van der Waals surface area contributed by atoms with Gasteiger partial charge >= 0.3 is 6.09 Å². The summed E-state index contributed by atoms with van der Waals surface area (Å²) in [5.41, 5.74) is 5.32. The van der Waals surface area contributed by atoms with Crippen molar-refractivity contribution in [2.75, 3.05) is 33.8 Å². The first-order valence-corrected chi connectivity index (χ1v) is 14.0. The van der Waals surface area contributed by atoms with Gasteiger partial charge in [0.15, 0.2) is 0 Å². The van der Waals surface area contributed by atoms with E-state index >= 15 is 0 Å². The van der Waals surface area contributed by atoms with Crippen LogP contribution in [-0.2, 0) is 9.53 Å². The number of carbonyl (C=O) groups is 2. The summed E-state index contributed by atoms with van der Waals surface area (Å²) in [4.78, 5) is 27.7. The molecule has 0 aliphatic carbocycles. The zero-order valence-corrected chi connectivity index (χ0v) is 25.1. The van der Waals surface area contributed by atoms with Gasteiger partial charge in [-0.1, -0.05) is 85.8 Å². The van der Waals surface area contributed by atoms with Crippen molar-refractivity contribution in [1.29, 1.82) is 0 Å². The summed E-state index contributed by atoms with van der Waals surface area (Å²) < 4.78 is 11.6. The predicted octanol–water partition coefficient (Wildman–Crippen LogP) is 7.32. The van der Waals surface area contributed by atoms with Crippen molar-refractivity contribution in [2.45, 2.75) is 39.7 Å². The van der Waals surface area contributed by atoms with Crippen molar-refractivity contribution >= 4 is 23.1 Å². The van der Waals surface area contributed by atoms with Crippen molar-refractivity contribution in [2.24, 2.45) is 0 Å². The number of hydrogen-bond acceptors (Lipinski definition) is 4. The van der Waals surface area contributed by atoms with Crippen LogP contribution in [-0.4, -0.2) is 61.2 Å². The summed E-state index contributed by atoms with van der Waals surface area (Å²) in [6.45, 7) is 8.48.